The van der Waals surface area contributed by atoms with Crippen LogP contribution in [-0.2, 0) is 22.1 Å². The van der Waals surface area contributed by atoms with Gasteiger partial charge in [-0.3, -0.25) is 14.3 Å². The number of hydrogen-bond donors (Lipinski definition) is 3. The molecule has 0 aromatic carbocycles. The average Bonchev–Trinajstić information content (AvgIpc) is 2.85. The largest absolute Gasteiger partial charge is 0.480 e. The number of aromatic nitrogens is 2. The summed E-state index contributed by atoms with van der Waals surface area (Å²) >= 11 is 0. The number of hydrogen-bond acceptors (Lipinski definition) is 4. The average molecular weight is 352 g/mol. The van der Waals surface area contributed by atoms with Gasteiger partial charge in [0.2, 0.25) is 5.91 Å². The van der Waals surface area contributed by atoms with Crippen molar-refractivity contribution >= 4 is 17.8 Å². The molecule has 0 aliphatic carbocycles. The second-order valence-electron chi connectivity index (χ2n) is 7.56. The molecule has 1 aromatic heterocycles. The van der Waals surface area contributed by atoms with Gasteiger partial charge >= 0.3 is 5.97 Å². The summed E-state index contributed by atoms with van der Waals surface area (Å²) in [6.07, 6.45) is 0.325. The molecule has 2 amide bonds. The summed E-state index contributed by atoms with van der Waals surface area (Å²) in [6, 6.07) is 0.722. The minimum absolute atomic E-state index is 0.126. The van der Waals surface area contributed by atoms with E-state index in [-0.39, 0.29) is 17.9 Å². The van der Waals surface area contributed by atoms with Crippen LogP contribution in [0.25, 0.3) is 0 Å². The number of aliphatic carboxylic acids is 1. The second-order valence-corrected chi connectivity index (χ2v) is 7.56. The van der Waals surface area contributed by atoms with Gasteiger partial charge in [-0.2, -0.15) is 5.10 Å². The predicted octanol–water partition coefficient (Wildman–Crippen LogP) is 1.06. The van der Waals surface area contributed by atoms with E-state index in [2.05, 4.69) is 15.7 Å². The minimum Gasteiger partial charge on any atom is -0.480 e. The number of amides is 2. The number of carboxylic acid groups (broad SMARTS) is 1. The first kappa shape index (κ1) is 20.7. The van der Waals surface area contributed by atoms with Crippen LogP contribution in [0.4, 0.5) is 0 Å². The van der Waals surface area contributed by atoms with Crippen LogP contribution in [0.2, 0.25) is 0 Å². The van der Waals surface area contributed by atoms with Crippen LogP contribution in [-0.4, -0.2) is 45.3 Å². The Kier molecular flexibility index (Phi) is 6.72. The monoisotopic (exact) mass is 352 g/mol. The zero-order valence-electron chi connectivity index (χ0n) is 15.7. The van der Waals surface area contributed by atoms with Crippen LogP contribution in [0.15, 0.2) is 6.07 Å². The van der Waals surface area contributed by atoms with E-state index in [1.54, 1.807) is 13.1 Å². The zero-order valence-corrected chi connectivity index (χ0v) is 15.7. The van der Waals surface area contributed by atoms with Gasteiger partial charge in [0.1, 0.15) is 11.7 Å². The van der Waals surface area contributed by atoms with E-state index in [4.69, 9.17) is 5.11 Å². The van der Waals surface area contributed by atoms with Gasteiger partial charge in [0.25, 0.3) is 5.91 Å². The Morgan fingerprint density at radius 2 is 1.88 bits per heavy atom. The molecule has 0 fully saturated rings. The van der Waals surface area contributed by atoms with Crippen molar-refractivity contribution in [3.8, 4) is 0 Å². The molecule has 8 nitrogen and oxygen atoms in total. The molecule has 0 aliphatic rings. The van der Waals surface area contributed by atoms with Crippen LogP contribution in [0.1, 0.15) is 57.2 Å². The molecule has 0 spiro atoms. The number of nitrogens with zero attached hydrogens (tertiary/aromatic N) is 2. The molecule has 8 heteroatoms. The van der Waals surface area contributed by atoms with Crippen molar-refractivity contribution in [1.29, 1.82) is 0 Å². The maximum atomic E-state index is 12.2. The van der Waals surface area contributed by atoms with Crippen molar-refractivity contribution in [2.45, 2.75) is 52.5 Å². The lowest BCUT2D eigenvalue weighted by Crippen LogP contribution is -2.46. The summed E-state index contributed by atoms with van der Waals surface area (Å²) in [7, 11) is 1.66. The highest BCUT2D eigenvalue weighted by Crippen LogP contribution is 2.21. The lowest BCUT2D eigenvalue weighted by molar-refractivity contribution is -0.142. The lowest BCUT2D eigenvalue weighted by atomic mass is 9.92. The normalized spacial score (nSPS) is 12.8. The Labute approximate surface area is 148 Å². The van der Waals surface area contributed by atoms with E-state index < -0.39 is 23.8 Å². The highest BCUT2D eigenvalue weighted by atomic mass is 16.4. The fraction of sp³-hybridized carbons (Fsp3) is 0.647. The number of nitrogens with one attached hydrogen (secondary N) is 2. The lowest BCUT2D eigenvalue weighted by Gasteiger charge is -2.16. The summed E-state index contributed by atoms with van der Waals surface area (Å²) in [5.41, 5.74) is 0.918. The number of carbonyl (C=O) groups excluding carboxylic acids is 2. The topological polar surface area (TPSA) is 113 Å². The maximum Gasteiger partial charge on any atom is 0.326 e. The van der Waals surface area contributed by atoms with Crippen LogP contribution in [0.5, 0.6) is 0 Å². The van der Waals surface area contributed by atoms with Crippen molar-refractivity contribution in [3.63, 3.8) is 0 Å². The molecule has 25 heavy (non-hydrogen) atoms. The molecule has 0 saturated heterocycles. The smallest absolute Gasteiger partial charge is 0.326 e. The Balaban J connectivity index is 2.65. The van der Waals surface area contributed by atoms with E-state index in [1.165, 1.54) is 4.68 Å². The summed E-state index contributed by atoms with van der Waals surface area (Å²) in [4.78, 5) is 35.3. The van der Waals surface area contributed by atoms with Gasteiger partial charge in [0, 0.05) is 12.5 Å². The first-order valence-corrected chi connectivity index (χ1v) is 8.26. The van der Waals surface area contributed by atoms with Gasteiger partial charge in [0.15, 0.2) is 0 Å². The summed E-state index contributed by atoms with van der Waals surface area (Å²) in [5, 5.41) is 18.4. The van der Waals surface area contributed by atoms with Crippen LogP contribution >= 0.6 is 0 Å². The van der Waals surface area contributed by atoms with Crippen molar-refractivity contribution < 1.29 is 19.5 Å². The molecule has 1 rings (SSSR count). The summed E-state index contributed by atoms with van der Waals surface area (Å²) in [5.74, 6) is -1.94. The molecule has 0 radical (unpaired) electrons. The molecule has 0 saturated carbocycles. The first-order valence-electron chi connectivity index (χ1n) is 8.26. The van der Waals surface area contributed by atoms with Crippen molar-refractivity contribution in [2.24, 2.45) is 13.0 Å². The third kappa shape index (κ3) is 6.21. The SMILES string of the molecule is CC(C)C[C@H](NC(=O)CNC(=O)c1cc(C(C)(C)C)nn1C)C(=O)O. The van der Waals surface area contributed by atoms with Gasteiger partial charge in [-0.15, -0.1) is 0 Å². The number of rotatable bonds is 7. The predicted molar refractivity (Wildman–Crippen MR) is 93.3 cm³/mol. The number of carboxylic acids is 1. The van der Waals surface area contributed by atoms with Crippen LogP contribution in [0.3, 0.4) is 0 Å². The molecule has 140 valence electrons. The van der Waals surface area contributed by atoms with Crippen molar-refractivity contribution in [1.82, 2.24) is 20.4 Å². The third-order valence-corrected chi connectivity index (χ3v) is 3.63. The minimum atomic E-state index is -1.09. The number of aryl methyl sites for hydroxylation is 1. The van der Waals surface area contributed by atoms with E-state index in [0.717, 1.165) is 5.69 Å². The van der Waals surface area contributed by atoms with Crippen LogP contribution in [0, 0.1) is 5.92 Å². The zero-order chi connectivity index (χ0) is 19.4. The molecular weight excluding hydrogens is 324 g/mol. The van der Waals surface area contributed by atoms with Gasteiger partial charge < -0.3 is 15.7 Å². The Bertz CT molecular complexity index is 644. The van der Waals surface area contributed by atoms with E-state index >= 15 is 0 Å². The Hall–Kier alpha value is -2.38. The third-order valence-electron chi connectivity index (χ3n) is 3.63. The molecule has 1 aromatic rings. The Morgan fingerprint density at radius 3 is 2.32 bits per heavy atom. The number of carbonyl (C=O) groups is 3. The molecule has 1 atom stereocenters. The van der Waals surface area contributed by atoms with E-state index in [0.29, 0.717) is 12.1 Å². The maximum absolute atomic E-state index is 12.2. The fourth-order valence-corrected chi connectivity index (χ4v) is 2.24. The van der Waals surface area contributed by atoms with Gasteiger partial charge in [-0.1, -0.05) is 34.6 Å². The molecular formula is C17H28N4O4. The highest BCUT2D eigenvalue weighted by molar-refractivity contribution is 5.95. The van der Waals surface area contributed by atoms with E-state index in [1.807, 2.05) is 34.6 Å². The van der Waals surface area contributed by atoms with Gasteiger partial charge in [0.05, 0.1) is 12.2 Å². The summed E-state index contributed by atoms with van der Waals surface area (Å²) < 4.78 is 1.46. The van der Waals surface area contributed by atoms with Gasteiger partial charge in [-0.25, -0.2) is 4.79 Å². The molecule has 0 bridgehead atoms. The molecule has 0 unspecified atom stereocenters. The van der Waals surface area contributed by atoms with Gasteiger partial charge in [-0.05, 0) is 18.4 Å². The second kappa shape index (κ2) is 8.13. The standard InChI is InChI=1S/C17H28N4O4/c1-10(2)7-11(16(24)25)19-14(22)9-18-15(23)12-8-13(17(3,4)5)20-21(12)6/h8,10-11H,7,9H2,1-6H3,(H,18,23)(H,19,22)(H,24,25)/t11-/m0/s1. The van der Waals surface area contributed by atoms with Crippen molar-refractivity contribution in [3.05, 3.63) is 17.5 Å². The van der Waals surface area contributed by atoms with E-state index in [9.17, 15) is 14.4 Å². The fourth-order valence-electron chi connectivity index (χ4n) is 2.24. The van der Waals surface area contributed by atoms with Crippen LogP contribution < -0.4 is 10.6 Å². The quantitative estimate of drug-likeness (QED) is 0.679. The summed E-state index contributed by atoms with van der Waals surface area (Å²) in [6.45, 7) is 9.43. The van der Waals surface area contributed by atoms with Crippen molar-refractivity contribution in [2.75, 3.05) is 6.54 Å². The Morgan fingerprint density at radius 1 is 1.28 bits per heavy atom. The molecule has 0 aliphatic heterocycles. The highest BCUT2D eigenvalue weighted by Gasteiger charge is 2.23. The first-order chi connectivity index (χ1) is 11.4. The molecule has 3 N–H and O–H groups in total. The molecule has 1 heterocycles.